The van der Waals surface area contributed by atoms with E-state index in [1.807, 2.05) is 0 Å². The van der Waals surface area contributed by atoms with E-state index in [9.17, 15) is 9.59 Å². The van der Waals surface area contributed by atoms with Crippen LogP contribution in [0.15, 0.2) is 4.79 Å². The number of nitrogens with zero attached hydrogens (tertiary/aromatic N) is 2. The fourth-order valence-corrected chi connectivity index (χ4v) is 2.49. The summed E-state index contributed by atoms with van der Waals surface area (Å²) in [5.74, 6) is 0.218. The van der Waals surface area contributed by atoms with Crippen LogP contribution < -0.4 is 5.69 Å². The maximum absolute atomic E-state index is 12.2. The molecule has 19 heavy (non-hydrogen) atoms. The molecule has 0 aliphatic carbocycles. The van der Waals surface area contributed by atoms with E-state index in [4.69, 9.17) is 5.11 Å². The minimum atomic E-state index is -0.382. The van der Waals surface area contributed by atoms with Gasteiger partial charge in [-0.1, -0.05) is 0 Å². The third-order valence-electron chi connectivity index (χ3n) is 3.68. The maximum atomic E-state index is 12.2. The van der Waals surface area contributed by atoms with Gasteiger partial charge in [0.2, 0.25) is 5.91 Å². The number of H-pyrrole nitrogens is 1. The molecule has 1 saturated heterocycles. The predicted octanol–water partition coefficient (Wildman–Crippen LogP) is -0.230. The van der Waals surface area contributed by atoms with Gasteiger partial charge in [-0.15, -0.1) is 0 Å². The second-order valence-corrected chi connectivity index (χ2v) is 5.08. The Bertz CT molecular complexity index is 512. The number of likely N-dealkylation sites (tertiary alicyclic amines) is 1. The zero-order chi connectivity index (χ0) is 14.0. The molecular weight excluding hydrogens is 246 g/mol. The zero-order valence-electron chi connectivity index (χ0n) is 11.3. The van der Waals surface area contributed by atoms with E-state index in [1.165, 1.54) is 0 Å². The number of aromatic amines is 1. The van der Waals surface area contributed by atoms with Crippen LogP contribution in [0.2, 0.25) is 0 Å². The first-order valence-corrected chi connectivity index (χ1v) is 6.46. The zero-order valence-corrected chi connectivity index (χ0v) is 11.3. The van der Waals surface area contributed by atoms with Crippen molar-refractivity contribution in [2.45, 2.75) is 26.7 Å². The van der Waals surface area contributed by atoms with Crippen molar-refractivity contribution in [2.24, 2.45) is 5.92 Å². The van der Waals surface area contributed by atoms with Crippen LogP contribution in [0.25, 0.3) is 0 Å². The fourth-order valence-electron chi connectivity index (χ4n) is 2.49. The fraction of sp³-hybridized carbons (Fsp3) is 0.615. The molecular formula is C13H19N3O3. The number of aromatic nitrogens is 2. The van der Waals surface area contributed by atoms with Crippen molar-refractivity contribution in [1.82, 2.24) is 14.9 Å². The van der Waals surface area contributed by atoms with Gasteiger partial charge in [0, 0.05) is 42.6 Å². The average Bonchev–Trinajstić information content (AvgIpc) is 2.82. The van der Waals surface area contributed by atoms with Crippen LogP contribution in [0, 0.1) is 19.8 Å². The number of hydrogen-bond acceptors (Lipinski definition) is 4. The minimum absolute atomic E-state index is 0.0241. The van der Waals surface area contributed by atoms with Gasteiger partial charge < -0.3 is 15.0 Å². The Labute approximate surface area is 111 Å². The van der Waals surface area contributed by atoms with Crippen LogP contribution >= 0.6 is 0 Å². The molecule has 1 amide bonds. The molecule has 0 radical (unpaired) electrons. The SMILES string of the molecule is Cc1nc(=O)[nH]c(C)c1CC(=O)N1CCC(CO)C1. The monoisotopic (exact) mass is 265 g/mol. The van der Waals surface area contributed by atoms with Crippen LogP contribution in [0.4, 0.5) is 0 Å². The summed E-state index contributed by atoms with van der Waals surface area (Å²) >= 11 is 0. The Morgan fingerprint density at radius 3 is 2.84 bits per heavy atom. The van der Waals surface area contributed by atoms with E-state index in [1.54, 1.807) is 18.7 Å². The summed E-state index contributed by atoms with van der Waals surface area (Å²) in [6.07, 6.45) is 1.10. The lowest BCUT2D eigenvalue weighted by atomic mass is 10.1. The van der Waals surface area contributed by atoms with Crippen LogP contribution in [-0.4, -0.2) is 45.6 Å². The van der Waals surface area contributed by atoms with E-state index in [0.29, 0.717) is 24.5 Å². The highest BCUT2D eigenvalue weighted by molar-refractivity contribution is 5.79. The molecule has 1 aromatic rings. The number of hydrogen-bond donors (Lipinski definition) is 2. The third kappa shape index (κ3) is 3.01. The van der Waals surface area contributed by atoms with Gasteiger partial charge in [0.05, 0.1) is 6.42 Å². The first kappa shape index (κ1) is 13.7. The van der Waals surface area contributed by atoms with Gasteiger partial charge in [0.25, 0.3) is 0 Å². The molecule has 1 fully saturated rings. The van der Waals surface area contributed by atoms with E-state index < -0.39 is 0 Å². The number of aryl methyl sites for hydroxylation is 2. The van der Waals surface area contributed by atoms with Gasteiger partial charge in [-0.05, 0) is 20.3 Å². The summed E-state index contributed by atoms with van der Waals surface area (Å²) in [6, 6.07) is 0. The molecule has 0 bridgehead atoms. The van der Waals surface area contributed by atoms with Crippen molar-refractivity contribution in [3.8, 4) is 0 Å². The van der Waals surface area contributed by atoms with Gasteiger partial charge in [-0.2, -0.15) is 4.98 Å². The van der Waals surface area contributed by atoms with Gasteiger partial charge in [0.15, 0.2) is 0 Å². The van der Waals surface area contributed by atoms with Gasteiger partial charge >= 0.3 is 5.69 Å². The normalized spacial score (nSPS) is 18.9. The second kappa shape index (κ2) is 5.52. The molecule has 1 aliphatic heterocycles. The Kier molecular flexibility index (Phi) is 3.99. The summed E-state index contributed by atoms with van der Waals surface area (Å²) < 4.78 is 0. The number of nitrogens with one attached hydrogen (secondary N) is 1. The van der Waals surface area contributed by atoms with Crippen LogP contribution in [0.1, 0.15) is 23.4 Å². The second-order valence-electron chi connectivity index (χ2n) is 5.08. The van der Waals surface area contributed by atoms with Crippen molar-refractivity contribution >= 4 is 5.91 Å². The highest BCUT2D eigenvalue weighted by atomic mass is 16.3. The van der Waals surface area contributed by atoms with Crippen molar-refractivity contribution in [3.63, 3.8) is 0 Å². The first-order chi connectivity index (χ1) is 9.01. The number of amides is 1. The largest absolute Gasteiger partial charge is 0.396 e. The third-order valence-corrected chi connectivity index (χ3v) is 3.68. The number of aliphatic hydroxyl groups is 1. The van der Waals surface area contributed by atoms with E-state index in [-0.39, 0.29) is 30.5 Å². The molecule has 2 heterocycles. The molecule has 1 unspecified atom stereocenters. The van der Waals surface area contributed by atoms with Gasteiger partial charge in [0.1, 0.15) is 0 Å². The molecule has 104 valence electrons. The summed E-state index contributed by atoms with van der Waals surface area (Å²) in [4.78, 5) is 31.6. The predicted molar refractivity (Wildman–Crippen MR) is 69.8 cm³/mol. The highest BCUT2D eigenvalue weighted by Crippen LogP contribution is 2.17. The Balaban J connectivity index is 2.10. The van der Waals surface area contributed by atoms with Crippen molar-refractivity contribution in [3.05, 3.63) is 27.4 Å². The molecule has 2 N–H and O–H groups in total. The molecule has 1 aromatic heterocycles. The lowest BCUT2D eigenvalue weighted by Crippen LogP contribution is -2.31. The Hall–Kier alpha value is -1.69. The van der Waals surface area contributed by atoms with Gasteiger partial charge in [-0.3, -0.25) is 4.79 Å². The average molecular weight is 265 g/mol. The van der Waals surface area contributed by atoms with Crippen LogP contribution in [0.3, 0.4) is 0 Å². The lowest BCUT2D eigenvalue weighted by Gasteiger charge is -2.17. The number of carbonyl (C=O) groups excluding carboxylic acids is 1. The highest BCUT2D eigenvalue weighted by Gasteiger charge is 2.26. The Morgan fingerprint density at radius 2 is 2.26 bits per heavy atom. The molecule has 6 heteroatoms. The smallest absolute Gasteiger partial charge is 0.345 e. The lowest BCUT2D eigenvalue weighted by molar-refractivity contribution is -0.129. The maximum Gasteiger partial charge on any atom is 0.345 e. The van der Waals surface area contributed by atoms with Gasteiger partial charge in [-0.25, -0.2) is 4.79 Å². The number of aliphatic hydroxyl groups excluding tert-OH is 1. The standard InChI is InChI=1S/C13H19N3O3/c1-8-11(9(2)15-13(19)14-8)5-12(18)16-4-3-10(6-16)7-17/h10,17H,3-7H2,1-2H3,(H,14,15,19). The summed E-state index contributed by atoms with van der Waals surface area (Å²) in [7, 11) is 0. The van der Waals surface area contributed by atoms with E-state index in [2.05, 4.69) is 9.97 Å². The van der Waals surface area contributed by atoms with Crippen molar-refractivity contribution in [1.29, 1.82) is 0 Å². The topological polar surface area (TPSA) is 86.3 Å². The molecule has 0 saturated carbocycles. The number of rotatable bonds is 3. The van der Waals surface area contributed by atoms with Crippen LogP contribution in [-0.2, 0) is 11.2 Å². The summed E-state index contributed by atoms with van der Waals surface area (Å²) in [6.45, 7) is 4.95. The van der Waals surface area contributed by atoms with E-state index in [0.717, 1.165) is 12.0 Å². The molecule has 1 aliphatic rings. The first-order valence-electron chi connectivity index (χ1n) is 6.46. The van der Waals surface area contributed by atoms with Crippen molar-refractivity contribution < 1.29 is 9.90 Å². The van der Waals surface area contributed by atoms with Crippen LogP contribution in [0.5, 0.6) is 0 Å². The van der Waals surface area contributed by atoms with Crippen molar-refractivity contribution in [2.75, 3.05) is 19.7 Å². The molecule has 2 rings (SSSR count). The summed E-state index contributed by atoms with van der Waals surface area (Å²) in [5, 5.41) is 9.09. The Morgan fingerprint density at radius 1 is 1.53 bits per heavy atom. The molecule has 1 atom stereocenters. The summed E-state index contributed by atoms with van der Waals surface area (Å²) in [5.41, 5.74) is 1.71. The molecule has 0 aromatic carbocycles. The molecule has 0 spiro atoms. The quantitative estimate of drug-likeness (QED) is 0.790. The minimum Gasteiger partial charge on any atom is -0.396 e. The number of carbonyl (C=O) groups is 1. The van der Waals surface area contributed by atoms with E-state index >= 15 is 0 Å². The molecule has 6 nitrogen and oxygen atoms in total.